The van der Waals surface area contributed by atoms with Crippen LogP contribution in [0.1, 0.15) is 29.9 Å². The fourth-order valence-electron chi connectivity index (χ4n) is 4.17. The van der Waals surface area contributed by atoms with Gasteiger partial charge in [-0.15, -0.1) is 0 Å². The van der Waals surface area contributed by atoms with Crippen molar-refractivity contribution < 1.29 is 0 Å². The quantitative estimate of drug-likeness (QED) is 0.216. The number of thiol groups is 4. The average molecular weight is 516 g/mol. The highest BCUT2D eigenvalue weighted by Gasteiger charge is 2.53. The fourth-order valence-corrected chi connectivity index (χ4v) is 6.26. The van der Waals surface area contributed by atoms with Crippen molar-refractivity contribution in [3.8, 4) is 0 Å². The molecule has 0 heterocycles. The minimum Gasteiger partial charge on any atom is -0.179 e. The van der Waals surface area contributed by atoms with Gasteiger partial charge in [0.1, 0.15) is 0 Å². The Bertz CT molecular complexity index is 828. The van der Waals surface area contributed by atoms with Crippen LogP contribution in [0.25, 0.3) is 0 Å². The Labute approximate surface area is 213 Å². The second-order valence-electron chi connectivity index (χ2n) is 7.31. The van der Waals surface area contributed by atoms with E-state index in [1.54, 1.807) is 0 Å². The largest absolute Gasteiger partial charge is 0.179 e. The van der Waals surface area contributed by atoms with Crippen LogP contribution in [0.4, 0.5) is 0 Å². The molecule has 6 heteroatoms. The minimum atomic E-state index is -0.652. The van der Waals surface area contributed by atoms with Gasteiger partial charge in [-0.2, -0.15) is 50.5 Å². The Hall–Kier alpha value is -0.100. The Balaban J connectivity index is 2.88. The first-order chi connectivity index (χ1) is 14.3. The zero-order valence-electron chi connectivity index (χ0n) is 16.7. The zero-order valence-corrected chi connectivity index (χ0v) is 21.8. The van der Waals surface area contributed by atoms with E-state index in [0.717, 1.165) is 24.2 Å². The van der Waals surface area contributed by atoms with Gasteiger partial charge in [0.25, 0.3) is 0 Å². The van der Waals surface area contributed by atoms with Gasteiger partial charge in [0.15, 0.2) is 0 Å². The lowest BCUT2D eigenvalue weighted by molar-refractivity contribution is 0.325. The maximum Gasteiger partial charge on any atom is 0.0494 e. The van der Waals surface area contributed by atoms with Crippen LogP contribution >= 0.6 is 73.7 Å². The van der Waals surface area contributed by atoms with E-state index in [4.69, 9.17) is 61.1 Å². The van der Waals surface area contributed by atoms with Crippen molar-refractivity contribution in [2.24, 2.45) is 0 Å². The summed E-state index contributed by atoms with van der Waals surface area (Å²) in [5.41, 5.74) is 1.59. The van der Waals surface area contributed by atoms with Crippen LogP contribution in [0.15, 0.2) is 83.9 Å². The number of hydrogen-bond acceptors (Lipinski definition) is 4. The van der Waals surface area contributed by atoms with Crippen molar-refractivity contribution >= 4 is 73.7 Å². The Kier molecular flexibility index (Phi) is 10.7. The van der Waals surface area contributed by atoms with E-state index in [-0.39, 0.29) is 16.4 Å². The molecule has 0 spiro atoms. The Morgan fingerprint density at radius 3 is 1.87 bits per heavy atom. The summed E-state index contributed by atoms with van der Waals surface area (Å²) >= 11 is 32.3. The van der Waals surface area contributed by atoms with Crippen LogP contribution in [-0.2, 0) is 5.41 Å². The van der Waals surface area contributed by atoms with Crippen molar-refractivity contribution in [3.05, 3.63) is 95.0 Å². The van der Waals surface area contributed by atoms with Gasteiger partial charge < -0.3 is 0 Å². The van der Waals surface area contributed by atoms with E-state index >= 15 is 0 Å². The normalized spacial score (nSPS) is 17.4. The third-order valence-electron chi connectivity index (χ3n) is 5.56. The van der Waals surface area contributed by atoms with Gasteiger partial charge >= 0.3 is 0 Å². The van der Waals surface area contributed by atoms with Gasteiger partial charge in [-0.05, 0) is 35.6 Å². The molecular formula is C24H28Cl2S4. The van der Waals surface area contributed by atoms with Crippen molar-refractivity contribution in [2.45, 2.75) is 39.9 Å². The molecule has 162 valence electrons. The topological polar surface area (TPSA) is 0 Å². The second-order valence-corrected chi connectivity index (χ2v) is 10.4. The average Bonchev–Trinajstić information content (AvgIpc) is 2.76. The van der Waals surface area contributed by atoms with E-state index in [1.165, 1.54) is 5.56 Å². The van der Waals surface area contributed by atoms with Gasteiger partial charge in [0.2, 0.25) is 0 Å². The SMILES string of the molecule is C=C(Cl)C(S)C(S)C(c1ccccc1)(C(S)C(=C)Cl)C(CCCS)c1ccccc1. The third-order valence-corrected chi connectivity index (χ3v) is 8.94. The number of hydrogen-bond donors (Lipinski definition) is 4. The molecule has 0 aliphatic carbocycles. The molecule has 0 saturated heterocycles. The lowest BCUT2D eigenvalue weighted by Gasteiger charge is -2.50. The van der Waals surface area contributed by atoms with E-state index < -0.39 is 10.7 Å². The molecule has 0 amide bonds. The van der Waals surface area contributed by atoms with Crippen molar-refractivity contribution in [3.63, 3.8) is 0 Å². The van der Waals surface area contributed by atoms with E-state index in [0.29, 0.717) is 10.1 Å². The summed E-state index contributed by atoms with van der Waals surface area (Å²) in [6.07, 6.45) is 1.79. The molecule has 0 radical (unpaired) electrons. The van der Waals surface area contributed by atoms with Crippen LogP contribution < -0.4 is 0 Å². The molecule has 0 saturated carbocycles. The summed E-state index contributed by atoms with van der Waals surface area (Å²) in [4.78, 5) is 0. The third kappa shape index (κ3) is 5.63. The lowest BCUT2D eigenvalue weighted by atomic mass is 9.61. The van der Waals surface area contributed by atoms with E-state index in [9.17, 15) is 0 Å². The van der Waals surface area contributed by atoms with Gasteiger partial charge in [-0.25, -0.2) is 0 Å². The highest BCUT2D eigenvalue weighted by atomic mass is 35.5. The predicted molar refractivity (Wildman–Crippen MR) is 149 cm³/mol. The van der Waals surface area contributed by atoms with E-state index in [2.05, 4.69) is 50.1 Å². The minimum absolute atomic E-state index is 0.0272. The number of halogens is 2. The fraction of sp³-hybridized carbons (Fsp3) is 0.333. The molecule has 0 N–H and O–H groups in total. The Morgan fingerprint density at radius 2 is 1.40 bits per heavy atom. The lowest BCUT2D eigenvalue weighted by Crippen LogP contribution is -2.53. The van der Waals surface area contributed by atoms with E-state index in [1.807, 2.05) is 36.4 Å². The van der Waals surface area contributed by atoms with Gasteiger partial charge in [-0.3, -0.25) is 0 Å². The number of rotatable bonds is 11. The standard InChI is InChI=1S/C24H28Cl2S4/c1-16(25)21(28)23(30)24(22(29)17(2)26,19-12-7-4-8-13-19)20(14-9-15-27)18-10-5-3-6-11-18/h3-8,10-13,20-23,27-30H,1-2,9,14-15H2. The first-order valence-corrected chi connectivity index (χ1v) is 12.7. The molecule has 0 aliphatic heterocycles. The second kappa shape index (κ2) is 12.2. The molecule has 5 unspecified atom stereocenters. The molecule has 0 nitrogen and oxygen atoms in total. The highest BCUT2D eigenvalue weighted by molar-refractivity contribution is 7.85. The highest BCUT2D eigenvalue weighted by Crippen LogP contribution is 2.54. The monoisotopic (exact) mass is 514 g/mol. The van der Waals surface area contributed by atoms with Crippen LogP contribution in [0, 0.1) is 0 Å². The van der Waals surface area contributed by atoms with Gasteiger partial charge in [0.05, 0.1) is 0 Å². The van der Waals surface area contributed by atoms with Gasteiger partial charge in [-0.1, -0.05) is 97.0 Å². The summed E-state index contributed by atoms with van der Waals surface area (Å²) in [6.45, 7) is 7.98. The predicted octanol–water partition coefficient (Wildman–Crippen LogP) is 7.82. The molecule has 5 atom stereocenters. The van der Waals surface area contributed by atoms with Crippen LogP contribution in [0.5, 0.6) is 0 Å². The van der Waals surface area contributed by atoms with Gasteiger partial charge in [0, 0.05) is 31.2 Å². The summed E-state index contributed by atoms with van der Waals surface area (Å²) in [5.74, 6) is 0.802. The molecule has 0 fully saturated rings. The molecule has 2 rings (SSSR count). The molecule has 0 bridgehead atoms. The first-order valence-electron chi connectivity index (χ1n) is 9.72. The summed E-state index contributed by atoms with van der Waals surface area (Å²) in [6, 6.07) is 20.6. The molecule has 2 aromatic rings. The smallest absolute Gasteiger partial charge is 0.0494 e. The zero-order chi connectivity index (χ0) is 22.3. The van der Waals surface area contributed by atoms with Crippen molar-refractivity contribution in [2.75, 3.05) is 5.75 Å². The van der Waals surface area contributed by atoms with Crippen LogP contribution in [-0.4, -0.2) is 21.5 Å². The summed E-state index contributed by atoms with van der Waals surface area (Å²) in [7, 11) is 0. The molecule has 2 aromatic carbocycles. The van der Waals surface area contributed by atoms with Crippen molar-refractivity contribution in [1.29, 1.82) is 0 Å². The molecular weight excluding hydrogens is 487 g/mol. The maximum atomic E-state index is 6.56. The maximum absolute atomic E-state index is 6.56. The molecule has 0 aromatic heterocycles. The summed E-state index contributed by atoms with van der Waals surface area (Å²) < 4.78 is 0. The molecule has 0 aliphatic rings. The van der Waals surface area contributed by atoms with Crippen LogP contribution in [0.3, 0.4) is 0 Å². The summed E-state index contributed by atoms with van der Waals surface area (Å²) in [5, 5.41) is -0.242. The van der Waals surface area contributed by atoms with Crippen LogP contribution in [0.2, 0.25) is 0 Å². The molecule has 30 heavy (non-hydrogen) atoms. The van der Waals surface area contributed by atoms with Crippen molar-refractivity contribution in [1.82, 2.24) is 0 Å². The Morgan fingerprint density at radius 1 is 0.867 bits per heavy atom. The first kappa shape index (κ1) is 26.2. The number of benzene rings is 2.